The van der Waals surface area contributed by atoms with E-state index in [2.05, 4.69) is 29.6 Å². The predicted octanol–water partition coefficient (Wildman–Crippen LogP) is 5.16. The minimum atomic E-state index is -1.56. The lowest BCUT2D eigenvalue weighted by Gasteiger charge is -2.35. The molecule has 200 valence electrons. The number of nitrogens with two attached hydrogens (primary N) is 2. The van der Waals surface area contributed by atoms with E-state index in [0.29, 0.717) is 25.9 Å². The van der Waals surface area contributed by atoms with Crippen LogP contribution in [0.2, 0.25) is 0 Å². The van der Waals surface area contributed by atoms with E-state index in [0.717, 1.165) is 11.1 Å². The van der Waals surface area contributed by atoms with Gasteiger partial charge >= 0.3 is 0 Å². The minimum Gasteiger partial charge on any atom is -0.368 e. The number of amides is 1. The number of rotatable bonds is 14. The Hall–Kier alpha value is -4.06. The maximum absolute atomic E-state index is 14.5. The lowest BCUT2D eigenvalue weighted by atomic mass is 9.75. The van der Waals surface area contributed by atoms with Crippen LogP contribution in [0.5, 0.6) is 0 Å². The Labute approximate surface area is 231 Å². The summed E-state index contributed by atoms with van der Waals surface area (Å²) in [5.41, 5.74) is 14.4. The molecule has 0 spiro atoms. The van der Waals surface area contributed by atoms with Gasteiger partial charge in [-0.1, -0.05) is 121 Å². The topological polar surface area (TPSA) is 98.2 Å². The molecule has 0 radical (unpaired) electrons. The number of primary amides is 1. The molecule has 4 rings (SSSR count). The summed E-state index contributed by atoms with van der Waals surface area (Å²) in [6.07, 6.45) is 1.40. The fraction of sp³-hybridized carbons (Fsp3) is 0.235. The van der Waals surface area contributed by atoms with E-state index >= 15 is 0 Å². The molecule has 0 heterocycles. The van der Waals surface area contributed by atoms with Gasteiger partial charge in [0.15, 0.2) is 11.3 Å². The third kappa shape index (κ3) is 6.69. The standard InChI is InChI=1S/C34H37N3O2/c35-24-13-23-34(33(36)39,32(38)31(28-18-9-3-10-19-28)29-20-11-4-12-21-29)37-25-22-30(26-14-5-1-6-15-26)27-16-7-2-8-17-27/h1-12,14-21,30-31,37H,13,22-25,35H2,(H2,36,39)/t34-/m1/s1. The molecule has 0 fully saturated rings. The third-order valence-corrected chi connectivity index (χ3v) is 7.39. The Morgan fingerprint density at radius 3 is 1.46 bits per heavy atom. The van der Waals surface area contributed by atoms with Gasteiger partial charge in [-0.2, -0.15) is 0 Å². The van der Waals surface area contributed by atoms with Gasteiger partial charge in [-0.25, -0.2) is 0 Å². The second kappa shape index (κ2) is 13.7. The van der Waals surface area contributed by atoms with Crippen LogP contribution >= 0.6 is 0 Å². The maximum atomic E-state index is 14.5. The van der Waals surface area contributed by atoms with Gasteiger partial charge < -0.3 is 11.5 Å². The first-order chi connectivity index (χ1) is 19.1. The predicted molar refractivity (Wildman–Crippen MR) is 157 cm³/mol. The van der Waals surface area contributed by atoms with E-state index in [1.165, 1.54) is 11.1 Å². The SMILES string of the molecule is NCCC[C@](NCCC(c1ccccc1)c1ccccc1)(C(N)=O)C(=O)C(c1ccccc1)c1ccccc1. The van der Waals surface area contributed by atoms with Crippen LogP contribution in [0.15, 0.2) is 121 Å². The number of ketones is 1. The van der Waals surface area contributed by atoms with Crippen LogP contribution in [0.25, 0.3) is 0 Å². The van der Waals surface area contributed by atoms with Crippen LogP contribution in [0.3, 0.4) is 0 Å². The van der Waals surface area contributed by atoms with Crippen LogP contribution in [-0.2, 0) is 9.59 Å². The average molecular weight is 520 g/mol. The van der Waals surface area contributed by atoms with Crippen LogP contribution in [0, 0.1) is 0 Å². The molecule has 39 heavy (non-hydrogen) atoms. The fourth-order valence-electron chi connectivity index (χ4n) is 5.36. The fourth-order valence-corrected chi connectivity index (χ4v) is 5.36. The first kappa shape index (κ1) is 28.0. The lowest BCUT2D eigenvalue weighted by Crippen LogP contribution is -2.62. The number of carbonyl (C=O) groups excluding carboxylic acids is 2. The summed E-state index contributed by atoms with van der Waals surface area (Å²) < 4.78 is 0. The second-order valence-electron chi connectivity index (χ2n) is 9.87. The van der Waals surface area contributed by atoms with Crippen molar-refractivity contribution in [2.75, 3.05) is 13.1 Å². The van der Waals surface area contributed by atoms with E-state index < -0.39 is 17.4 Å². The zero-order valence-electron chi connectivity index (χ0n) is 22.2. The molecule has 5 nitrogen and oxygen atoms in total. The highest BCUT2D eigenvalue weighted by Gasteiger charge is 2.47. The van der Waals surface area contributed by atoms with Crippen molar-refractivity contribution in [1.82, 2.24) is 5.32 Å². The summed E-state index contributed by atoms with van der Waals surface area (Å²) in [4.78, 5) is 27.8. The van der Waals surface area contributed by atoms with Crippen molar-refractivity contribution >= 4 is 11.7 Å². The molecule has 1 atom stereocenters. The highest BCUT2D eigenvalue weighted by molar-refractivity contribution is 6.13. The van der Waals surface area contributed by atoms with Gasteiger partial charge in [0.1, 0.15) is 0 Å². The van der Waals surface area contributed by atoms with Gasteiger partial charge in [0.05, 0.1) is 5.92 Å². The zero-order valence-corrected chi connectivity index (χ0v) is 22.2. The molecule has 5 N–H and O–H groups in total. The molecule has 5 heteroatoms. The van der Waals surface area contributed by atoms with Crippen molar-refractivity contribution in [1.29, 1.82) is 0 Å². The molecule has 0 aliphatic carbocycles. The second-order valence-corrected chi connectivity index (χ2v) is 9.87. The Morgan fingerprint density at radius 1 is 0.667 bits per heavy atom. The highest BCUT2D eigenvalue weighted by atomic mass is 16.2. The van der Waals surface area contributed by atoms with Gasteiger partial charge in [0, 0.05) is 5.92 Å². The quantitative estimate of drug-likeness (QED) is 0.200. The summed E-state index contributed by atoms with van der Waals surface area (Å²) in [6, 6.07) is 39.7. The molecular formula is C34H37N3O2. The molecule has 0 aliphatic rings. The van der Waals surface area contributed by atoms with Gasteiger partial charge in [-0.05, 0) is 54.6 Å². The van der Waals surface area contributed by atoms with Crippen molar-refractivity contribution in [2.45, 2.75) is 36.6 Å². The number of benzene rings is 4. The Bertz CT molecular complexity index is 1230. The molecule has 4 aromatic rings. The molecule has 0 bridgehead atoms. The molecule has 0 saturated heterocycles. The molecule has 0 aromatic heterocycles. The summed E-state index contributed by atoms with van der Waals surface area (Å²) in [5, 5.41) is 3.38. The zero-order chi connectivity index (χ0) is 27.5. The van der Waals surface area contributed by atoms with Crippen LogP contribution in [-0.4, -0.2) is 30.3 Å². The van der Waals surface area contributed by atoms with Gasteiger partial charge in [0.25, 0.3) is 0 Å². The van der Waals surface area contributed by atoms with Crippen molar-refractivity contribution in [3.63, 3.8) is 0 Å². The number of Topliss-reactive ketones (excluding diaryl/α,β-unsaturated/α-hetero) is 1. The molecule has 1 amide bonds. The smallest absolute Gasteiger partial charge is 0.245 e. The van der Waals surface area contributed by atoms with E-state index in [9.17, 15) is 9.59 Å². The highest BCUT2D eigenvalue weighted by Crippen LogP contribution is 2.33. The lowest BCUT2D eigenvalue weighted by molar-refractivity contribution is -0.136. The largest absolute Gasteiger partial charge is 0.368 e. The monoisotopic (exact) mass is 519 g/mol. The van der Waals surface area contributed by atoms with Crippen molar-refractivity contribution in [2.24, 2.45) is 11.5 Å². The maximum Gasteiger partial charge on any atom is 0.245 e. The van der Waals surface area contributed by atoms with Crippen LogP contribution < -0.4 is 16.8 Å². The summed E-state index contributed by atoms with van der Waals surface area (Å²) in [7, 11) is 0. The average Bonchev–Trinajstić information content (AvgIpc) is 2.99. The van der Waals surface area contributed by atoms with E-state index in [1.54, 1.807) is 0 Å². The van der Waals surface area contributed by atoms with E-state index in [1.807, 2.05) is 97.1 Å². The molecule has 0 aliphatic heterocycles. The van der Waals surface area contributed by atoms with E-state index in [4.69, 9.17) is 11.5 Å². The number of hydrogen-bond donors (Lipinski definition) is 3. The number of carbonyl (C=O) groups is 2. The molecule has 0 unspecified atom stereocenters. The summed E-state index contributed by atoms with van der Waals surface area (Å²) in [6.45, 7) is 0.770. The minimum absolute atomic E-state index is 0.0918. The van der Waals surface area contributed by atoms with Gasteiger partial charge in [0.2, 0.25) is 5.91 Å². The molecule has 0 saturated carbocycles. The van der Waals surface area contributed by atoms with Crippen LogP contribution in [0.4, 0.5) is 0 Å². The first-order valence-corrected chi connectivity index (χ1v) is 13.6. The Kier molecular flexibility index (Phi) is 9.79. The third-order valence-electron chi connectivity index (χ3n) is 7.39. The number of hydrogen-bond acceptors (Lipinski definition) is 4. The summed E-state index contributed by atoms with van der Waals surface area (Å²) in [5.74, 6) is -1.48. The van der Waals surface area contributed by atoms with Gasteiger partial charge in [-0.15, -0.1) is 0 Å². The molecule has 4 aromatic carbocycles. The van der Waals surface area contributed by atoms with Crippen molar-refractivity contribution < 1.29 is 9.59 Å². The Morgan fingerprint density at radius 2 is 1.08 bits per heavy atom. The summed E-state index contributed by atoms with van der Waals surface area (Å²) >= 11 is 0. The van der Waals surface area contributed by atoms with Crippen molar-refractivity contribution in [3.8, 4) is 0 Å². The molecular weight excluding hydrogens is 482 g/mol. The van der Waals surface area contributed by atoms with E-state index in [-0.39, 0.29) is 18.1 Å². The normalized spacial score (nSPS) is 12.8. The van der Waals surface area contributed by atoms with Crippen molar-refractivity contribution in [3.05, 3.63) is 144 Å². The number of nitrogens with one attached hydrogen (secondary N) is 1. The van der Waals surface area contributed by atoms with Gasteiger partial charge in [-0.3, -0.25) is 14.9 Å². The Balaban J connectivity index is 1.68. The first-order valence-electron chi connectivity index (χ1n) is 13.6. The van der Waals surface area contributed by atoms with Crippen LogP contribution in [0.1, 0.15) is 53.4 Å².